The van der Waals surface area contributed by atoms with Gasteiger partial charge in [0, 0.05) is 13.5 Å². The Labute approximate surface area is 147 Å². The highest BCUT2D eigenvalue weighted by Gasteiger charge is 2.23. The third-order valence-electron chi connectivity index (χ3n) is 4.11. The third-order valence-corrected chi connectivity index (χ3v) is 4.11. The zero-order valence-corrected chi connectivity index (χ0v) is 14.4. The van der Waals surface area contributed by atoms with Crippen LogP contribution in [0.2, 0.25) is 0 Å². The van der Waals surface area contributed by atoms with Crippen LogP contribution in [0.15, 0.2) is 72.8 Å². The standard InChI is InChI=1S/C21H21NO3/c1-22(19-13-12-17-10-6-7-11-18(17)15-19)25-20(21(23)24-2)14-16-8-4-3-5-9-16/h3-13,15,20H,14H2,1-2H3. The van der Waals surface area contributed by atoms with Crippen LogP contribution in [0.25, 0.3) is 10.8 Å². The van der Waals surface area contributed by atoms with Crippen molar-refractivity contribution in [1.29, 1.82) is 0 Å². The number of esters is 1. The zero-order chi connectivity index (χ0) is 17.6. The molecule has 0 heterocycles. The van der Waals surface area contributed by atoms with E-state index in [4.69, 9.17) is 9.57 Å². The van der Waals surface area contributed by atoms with Gasteiger partial charge < -0.3 is 4.74 Å². The average Bonchev–Trinajstić information content (AvgIpc) is 2.67. The Morgan fingerprint density at radius 2 is 1.64 bits per heavy atom. The number of hydroxylamine groups is 1. The summed E-state index contributed by atoms with van der Waals surface area (Å²) >= 11 is 0. The maximum absolute atomic E-state index is 12.1. The minimum atomic E-state index is -0.705. The molecule has 3 rings (SSSR count). The number of hydrogen-bond acceptors (Lipinski definition) is 4. The normalized spacial score (nSPS) is 11.9. The lowest BCUT2D eigenvalue weighted by Gasteiger charge is -2.24. The molecule has 1 atom stereocenters. The average molecular weight is 335 g/mol. The predicted octanol–water partition coefficient (Wildman–Crippen LogP) is 3.99. The van der Waals surface area contributed by atoms with E-state index < -0.39 is 12.1 Å². The fourth-order valence-corrected chi connectivity index (χ4v) is 2.75. The van der Waals surface area contributed by atoms with Crippen LogP contribution in [0.4, 0.5) is 5.69 Å². The molecule has 0 amide bonds. The van der Waals surface area contributed by atoms with Crippen molar-refractivity contribution in [1.82, 2.24) is 0 Å². The van der Waals surface area contributed by atoms with E-state index in [2.05, 4.69) is 12.1 Å². The van der Waals surface area contributed by atoms with Crippen molar-refractivity contribution < 1.29 is 14.4 Å². The van der Waals surface area contributed by atoms with Crippen LogP contribution in [0.5, 0.6) is 0 Å². The molecule has 0 saturated heterocycles. The van der Waals surface area contributed by atoms with Gasteiger partial charge in [0.25, 0.3) is 0 Å². The van der Waals surface area contributed by atoms with Gasteiger partial charge in [0.15, 0.2) is 6.10 Å². The molecule has 0 aliphatic heterocycles. The van der Waals surface area contributed by atoms with Crippen LogP contribution >= 0.6 is 0 Å². The first-order valence-electron chi connectivity index (χ1n) is 8.18. The van der Waals surface area contributed by atoms with Crippen LogP contribution < -0.4 is 5.06 Å². The Bertz CT molecular complexity index is 848. The molecule has 25 heavy (non-hydrogen) atoms. The van der Waals surface area contributed by atoms with Gasteiger partial charge in [-0.15, -0.1) is 0 Å². The van der Waals surface area contributed by atoms with Gasteiger partial charge in [-0.25, -0.2) is 4.79 Å². The van der Waals surface area contributed by atoms with Gasteiger partial charge in [-0.3, -0.25) is 9.90 Å². The van der Waals surface area contributed by atoms with Crippen molar-refractivity contribution >= 4 is 22.4 Å². The quantitative estimate of drug-likeness (QED) is 0.504. The predicted molar refractivity (Wildman–Crippen MR) is 99.4 cm³/mol. The molecule has 1 unspecified atom stereocenters. The number of anilines is 1. The monoisotopic (exact) mass is 335 g/mol. The van der Waals surface area contributed by atoms with E-state index in [9.17, 15) is 4.79 Å². The molecule has 0 spiro atoms. The van der Waals surface area contributed by atoms with Gasteiger partial charge in [0.2, 0.25) is 0 Å². The summed E-state index contributed by atoms with van der Waals surface area (Å²) in [6.45, 7) is 0. The lowest BCUT2D eigenvalue weighted by Crippen LogP contribution is -2.35. The molecule has 0 aromatic heterocycles. The molecule has 3 aromatic rings. The molecule has 0 radical (unpaired) electrons. The topological polar surface area (TPSA) is 38.8 Å². The number of benzene rings is 3. The Morgan fingerprint density at radius 3 is 2.36 bits per heavy atom. The number of nitrogens with zero attached hydrogens (tertiary/aromatic N) is 1. The van der Waals surface area contributed by atoms with E-state index in [1.54, 1.807) is 12.1 Å². The van der Waals surface area contributed by atoms with Crippen LogP contribution in [-0.4, -0.2) is 26.2 Å². The molecule has 4 heteroatoms. The fourth-order valence-electron chi connectivity index (χ4n) is 2.75. The zero-order valence-electron chi connectivity index (χ0n) is 14.4. The molecule has 0 bridgehead atoms. The molecule has 0 fully saturated rings. The van der Waals surface area contributed by atoms with Gasteiger partial charge >= 0.3 is 5.97 Å². The highest BCUT2D eigenvalue weighted by atomic mass is 16.7. The number of rotatable bonds is 6. The first-order chi connectivity index (χ1) is 12.2. The van der Waals surface area contributed by atoms with Crippen LogP contribution in [-0.2, 0) is 20.8 Å². The Morgan fingerprint density at radius 1 is 0.960 bits per heavy atom. The second-order valence-corrected chi connectivity index (χ2v) is 5.84. The van der Waals surface area contributed by atoms with E-state index in [-0.39, 0.29) is 0 Å². The van der Waals surface area contributed by atoms with Gasteiger partial charge in [-0.2, -0.15) is 0 Å². The van der Waals surface area contributed by atoms with Crippen molar-refractivity contribution in [2.45, 2.75) is 12.5 Å². The second kappa shape index (κ2) is 7.81. The smallest absolute Gasteiger partial charge is 0.338 e. The summed E-state index contributed by atoms with van der Waals surface area (Å²) in [5.74, 6) is -0.392. The van der Waals surface area contributed by atoms with Crippen molar-refractivity contribution in [3.05, 3.63) is 78.4 Å². The summed E-state index contributed by atoms with van der Waals surface area (Å²) < 4.78 is 4.90. The SMILES string of the molecule is COC(=O)C(Cc1ccccc1)ON(C)c1ccc2ccccc2c1. The summed E-state index contributed by atoms with van der Waals surface area (Å²) in [7, 11) is 3.17. The molecule has 128 valence electrons. The molecule has 3 aromatic carbocycles. The fraction of sp³-hybridized carbons (Fsp3) is 0.190. The van der Waals surface area contributed by atoms with Crippen LogP contribution in [0.1, 0.15) is 5.56 Å². The summed E-state index contributed by atoms with van der Waals surface area (Å²) in [4.78, 5) is 18.0. The van der Waals surface area contributed by atoms with E-state index in [0.717, 1.165) is 22.0 Å². The first kappa shape index (κ1) is 17.0. The molecular formula is C21H21NO3. The molecule has 4 nitrogen and oxygen atoms in total. The molecule has 0 aliphatic carbocycles. The Balaban J connectivity index is 1.78. The van der Waals surface area contributed by atoms with E-state index in [0.29, 0.717) is 6.42 Å². The molecular weight excluding hydrogens is 314 g/mol. The molecule has 0 saturated carbocycles. The Hall–Kier alpha value is -2.85. The Kier molecular flexibility index (Phi) is 5.31. The summed E-state index contributed by atoms with van der Waals surface area (Å²) in [5, 5.41) is 3.90. The number of carbonyl (C=O) groups excluding carboxylic acids is 1. The number of carbonyl (C=O) groups is 1. The summed E-state index contributed by atoms with van der Waals surface area (Å²) in [5.41, 5.74) is 1.89. The minimum Gasteiger partial charge on any atom is -0.467 e. The van der Waals surface area contributed by atoms with Crippen molar-refractivity contribution in [2.24, 2.45) is 0 Å². The molecule has 0 aliphatic rings. The van der Waals surface area contributed by atoms with Crippen LogP contribution in [0, 0.1) is 0 Å². The van der Waals surface area contributed by atoms with Gasteiger partial charge in [0.1, 0.15) is 0 Å². The summed E-state index contributed by atoms with van der Waals surface area (Å²) in [6.07, 6.45) is -0.255. The number of methoxy groups -OCH3 is 1. The maximum Gasteiger partial charge on any atom is 0.338 e. The number of ether oxygens (including phenoxy) is 1. The number of fused-ring (bicyclic) bond motifs is 1. The highest BCUT2D eigenvalue weighted by Crippen LogP contribution is 2.22. The maximum atomic E-state index is 12.1. The van der Waals surface area contributed by atoms with E-state index in [1.807, 2.05) is 60.7 Å². The number of hydrogen-bond donors (Lipinski definition) is 0. The lowest BCUT2D eigenvalue weighted by atomic mass is 10.1. The molecule has 0 N–H and O–H groups in total. The highest BCUT2D eigenvalue weighted by molar-refractivity contribution is 5.85. The van der Waals surface area contributed by atoms with Crippen LogP contribution in [0.3, 0.4) is 0 Å². The minimum absolute atomic E-state index is 0.392. The van der Waals surface area contributed by atoms with Crippen molar-refractivity contribution in [3.63, 3.8) is 0 Å². The van der Waals surface area contributed by atoms with Crippen molar-refractivity contribution in [3.8, 4) is 0 Å². The first-order valence-corrected chi connectivity index (χ1v) is 8.18. The van der Waals surface area contributed by atoms with Gasteiger partial charge in [0.05, 0.1) is 12.8 Å². The van der Waals surface area contributed by atoms with Gasteiger partial charge in [-0.1, -0.05) is 60.7 Å². The van der Waals surface area contributed by atoms with E-state index in [1.165, 1.54) is 7.11 Å². The summed E-state index contributed by atoms with van der Waals surface area (Å²) in [6, 6.07) is 23.9. The van der Waals surface area contributed by atoms with E-state index >= 15 is 0 Å². The largest absolute Gasteiger partial charge is 0.467 e. The third kappa shape index (κ3) is 4.17. The second-order valence-electron chi connectivity index (χ2n) is 5.84. The van der Waals surface area contributed by atoms with Crippen molar-refractivity contribution in [2.75, 3.05) is 19.2 Å². The van der Waals surface area contributed by atoms with Gasteiger partial charge in [-0.05, 0) is 28.5 Å². The lowest BCUT2D eigenvalue weighted by molar-refractivity contribution is -0.154.